The fourth-order valence-corrected chi connectivity index (χ4v) is 4.24. The number of nitrogens with zero attached hydrogens (tertiary/aromatic N) is 1. The summed E-state index contributed by atoms with van der Waals surface area (Å²) >= 11 is 0. The molecule has 1 amide bonds. The van der Waals surface area contributed by atoms with E-state index < -0.39 is 0 Å². The second-order valence-corrected chi connectivity index (χ2v) is 8.15. The predicted molar refractivity (Wildman–Crippen MR) is 111 cm³/mol. The zero-order chi connectivity index (χ0) is 20.4. The molecule has 2 aromatic rings. The Morgan fingerprint density at radius 1 is 1.21 bits per heavy atom. The summed E-state index contributed by atoms with van der Waals surface area (Å²) in [5, 5.41) is 9.84. The molecule has 1 spiro atoms. The number of methoxy groups -OCH3 is 1. The van der Waals surface area contributed by atoms with Gasteiger partial charge in [-0.1, -0.05) is 30.3 Å². The van der Waals surface area contributed by atoms with Gasteiger partial charge in [0.1, 0.15) is 6.61 Å². The molecule has 1 heterocycles. The molecule has 6 heteroatoms. The van der Waals surface area contributed by atoms with E-state index >= 15 is 0 Å². The third-order valence-corrected chi connectivity index (χ3v) is 6.22. The van der Waals surface area contributed by atoms with Crippen LogP contribution in [0.1, 0.15) is 41.6 Å². The van der Waals surface area contributed by atoms with Gasteiger partial charge in [-0.2, -0.15) is 0 Å². The topological polar surface area (TPSA) is 85.0 Å². The Bertz CT molecular complexity index is 880. The van der Waals surface area contributed by atoms with Crippen molar-refractivity contribution in [1.29, 1.82) is 0 Å². The number of amides is 1. The molecule has 2 aromatic carbocycles. The van der Waals surface area contributed by atoms with Crippen molar-refractivity contribution >= 4 is 11.6 Å². The number of hydrogen-bond donors (Lipinski definition) is 2. The SMILES string of the molecule is COc1cc(C(=O)N2CCC3(CC3)C[C@H]2CO)c(N)cc1OCc1ccccc1. The largest absolute Gasteiger partial charge is 0.493 e. The normalized spacial score (nSPS) is 19.8. The molecule has 0 unspecified atom stereocenters. The molecule has 2 aliphatic rings. The molecule has 0 radical (unpaired) electrons. The van der Waals surface area contributed by atoms with Gasteiger partial charge in [-0.05, 0) is 42.7 Å². The summed E-state index contributed by atoms with van der Waals surface area (Å²) in [6.07, 6.45) is 4.26. The van der Waals surface area contributed by atoms with E-state index in [1.54, 1.807) is 24.1 Å². The Hall–Kier alpha value is -2.73. The average molecular weight is 396 g/mol. The lowest BCUT2D eigenvalue weighted by Gasteiger charge is -2.39. The van der Waals surface area contributed by atoms with Gasteiger partial charge in [0.2, 0.25) is 0 Å². The Morgan fingerprint density at radius 3 is 2.62 bits per heavy atom. The highest BCUT2D eigenvalue weighted by Gasteiger charge is 2.49. The van der Waals surface area contributed by atoms with E-state index in [1.807, 2.05) is 30.3 Å². The number of likely N-dealkylation sites (tertiary alicyclic amines) is 1. The number of nitrogens with two attached hydrogens (primary N) is 1. The lowest BCUT2D eigenvalue weighted by Crippen LogP contribution is -2.48. The summed E-state index contributed by atoms with van der Waals surface area (Å²) in [5.41, 5.74) is 8.34. The fourth-order valence-electron chi connectivity index (χ4n) is 4.24. The third kappa shape index (κ3) is 4.03. The van der Waals surface area contributed by atoms with E-state index in [-0.39, 0.29) is 18.6 Å². The highest BCUT2D eigenvalue weighted by Crippen LogP contribution is 2.55. The van der Waals surface area contributed by atoms with Gasteiger partial charge in [0, 0.05) is 18.3 Å². The van der Waals surface area contributed by atoms with Crippen LogP contribution in [0.25, 0.3) is 0 Å². The van der Waals surface area contributed by atoms with E-state index in [0.717, 1.165) is 18.4 Å². The molecule has 2 fully saturated rings. The number of carbonyl (C=O) groups excluding carboxylic acids is 1. The van der Waals surface area contributed by atoms with Crippen LogP contribution in [-0.2, 0) is 6.61 Å². The molecule has 1 aliphatic carbocycles. The number of nitrogen functional groups attached to an aromatic ring is 1. The zero-order valence-electron chi connectivity index (χ0n) is 16.8. The molecular weight excluding hydrogens is 368 g/mol. The Labute approximate surface area is 171 Å². The van der Waals surface area contributed by atoms with Gasteiger partial charge < -0.3 is 25.2 Å². The van der Waals surface area contributed by atoms with Crippen molar-refractivity contribution < 1.29 is 19.4 Å². The first kappa shape index (κ1) is 19.6. The molecule has 1 saturated carbocycles. The van der Waals surface area contributed by atoms with Crippen molar-refractivity contribution in [1.82, 2.24) is 4.90 Å². The lowest BCUT2D eigenvalue weighted by atomic mass is 9.87. The first-order valence-corrected chi connectivity index (χ1v) is 10.1. The minimum absolute atomic E-state index is 0.0250. The molecule has 0 bridgehead atoms. The Morgan fingerprint density at radius 2 is 1.97 bits per heavy atom. The number of piperidine rings is 1. The van der Waals surface area contributed by atoms with Gasteiger partial charge in [-0.3, -0.25) is 4.79 Å². The molecule has 1 saturated heterocycles. The Balaban J connectivity index is 1.53. The first-order chi connectivity index (χ1) is 14.0. The standard InChI is InChI=1S/C23H28N2O4/c1-28-20-11-18(19(24)12-21(20)29-15-16-5-3-2-4-6-16)22(27)25-10-9-23(7-8-23)13-17(25)14-26/h2-6,11-12,17,26H,7-10,13-15,24H2,1H3/t17-/m0/s1. The highest BCUT2D eigenvalue weighted by atomic mass is 16.5. The van der Waals surface area contributed by atoms with E-state index in [0.29, 0.717) is 41.3 Å². The number of benzene rings is 2. The van der Waals surface area contributed by atoms with E-state index in [4.69, 9.17) is 15.2 Å². The van der Waals surface area contributed by atoms with Crippen LogP contribution < -0.4 is 15.2 Å². The second kappa shape index (κ2) is 7.95. The van der Waals surface area contributed by atoms with E-state index in [1.165, 1.54) is 12.8 Å². The number of aliphatic hydroxyl groups is 1. The van der Waals surface area contributed by atoms with Gasteiger partial charge >= 0.3 is 0 Å². The summed E-state index contributed by atoms with van der Waals surface area (Å²) in [6.45, 7) is 1.01. The molecule has 29 heavy (non-hydrogen) atoms. The molecule has 4 rings (SSSR count). The maximum atomic E-state index is 13.2. The first-order valence-electron chi connectivity index (χ1n) is 10.1. The van der Waals surface area contributed by atoms with Gasteiger partial charge in [0.05, 0.1) is 25.3 Å². The van der Waals surface area contributed by atoms with Crippen molar-refractivity contribution in [3.05, 3.63) is 53.6 Å². The predicted octanol–water partition coefficient (Wildman–Crippen LogP) is 3.23. The minimum atomic E-state index is -0.162. The van der Waals surface area contributed by atoms with Crippen LogP contribution in [-0.4, -0.2) is 42.2 Å². The van der Waals surface area contributed by atoms with Crippen LogP contribution >= 0.6 is 0 Å². The number of anilines is 1. The molecule has 0 aromatic heterocycles. The van der Waals surface area contributed by atoms with Crippen LogP contribution in [0.5, 0.6) is 11.5 Å². The lowest BCUT2D eigenvalue weighted by molar-refractivity contribution is 0.0383. The summed E-state index contributed by atoms with van der Waals surface area (Å²) in [6, 6.07) is 13.0. The second-order valence-electron chi connectivity index (χ2n) is 8.15. The monoisotopic (exact) mass is 396 g/mol. The van der Waals surface area contributed by atoms with Crippen molar-refractivity contribution in [3.8, 4) is 11.5 Å². The fraction of sp³-hybridized carbons (Fsp3) is 0.435. The summed E-state index contributed by atoms with van der Waals surface area (Å²) < 4.78 is 11.3. The maximum absolute atomic E-state index is 13.2. The average Bonchev–Trinajstić information content (AvgIpc) is 3.51. The van der Waals surface area contributed by atoms with Crippen molar-refractivity contribution in [2.45, 2.75) is 38.3 Å². The summed E-state index contributed by atoms with van der Waals surface area (Å²) in [5.74, 6) is 0.805. The molecule has 3 N–H and O–H groups in total. The number of rotatable bonds is 6. The molecular formula is C23H28N2O4. The van der Waals surface area contributed by atoms with Crippen LogP contribution in [0, 0.1) is 5.41 Å². The zero-order valence-corrected chi connectivity index (χ0v) is 16.8. The summed E-state index contributed by atoms with van der Waals surface area (Å²) in [4.78, 5) is 15.0. The summed E-state index contributed by atoms with van der Waals surface area (Å²) in [7, 11) is 1.55. The van der Waals surface area contributed by atoms with E-state index in [2.05, 4.69) is 0 Å². The number of ether oxygens (including phenoxy) is 2. The van der Waals surface area contributed by atoms with Gasteiger partial charge in [0.25, 0.3) is 5.91 Å². The molecule has 1 aliphatic heterocycles. The van der Waals surface area contributed by atoms with Gasteiger partial charge in [0.15, 0.2) is 11.5 Å². The number of hydrogen-bond acceptors (Lipinski definition) is 5. The molecule has 1 atom stereocenters. The number of carbonyl (C=O) groups is 1. The van der Waals surface area contributed by atoms with Crippen molar-refractivity contribution in [2.75, 3.05) is 26.0 Å². The van der Waals surface area contributed by atoms with Crippen molar-refractivity contribution in [2.24, 2.45) is 5.41 Å². The quantitative estimate of drug-likeness (QED) is 0.733. The van der Waals surface area contributed by atoms with Gasteiger partial charge in [-0.15, -0.1) is 0 Å². The van der Waals surface area contributed by atoms with Crippen LogP contribution in [0.4, 0.5) is 5.69 Å². The third-order valence-electron chi connectivity index (χ3n) is 6.22. The Kier molecular flexibility index (Phi) is 5.37. The van der Waals surface area contributed by atoms with Crippen molar-refractivity contribution in [3.63, 3.8) is 0 Å². The van der Waals surface area contributed by atoms with Crippen LogP contribution in [0.3, 0.4) is 0 Å². The number of aliphatic hydroxyl groups excluding tert-OH is 1. The molecule has 6 nitrogen and oxygen atoms in total. The van der Waals surface area contributed by atoms with Crippen LogP contribution in [0.2, 0.25) is 0 Å². The van der Waals surface area contributed by atoms with Crippen LogP contribution in [0.15, 0.2) is 42.5 Å². The van der Waals surface area contributed by atoms with E-state index in [9.17, 15) is 9.90 Å². The highest BCUT2D eigenvalue weighted by molar-refractivity contribution is 6.00. The van der Waals surface area contributed by atoms with Gasteiger partial charge in [-0.25, -0.2) is 0 Å². The smallest absolute Gasteiger partial charge is 0.256 e. The maximum Gasteiger partial charge on any atom is 0.256 e. The molecule has 154 valence electrons. The minimum Gasteiger partial charge on any atom is -0.493 e.